The predicted octanol–water partition coefficient (Wildman–Crippen LogP) is 3.39. The van der Waals surface area contributed by atoms with Gasteiger partial charge in [0.05, 0.1) is 35.8 Å². The largest absolute Gasteiger partial charge is 0.377 e. The second-order valence-electron chi connectivity index (χ2n) is 9.55. The number of carbonyl (C=O) groups excluding carboxylic acids is 2. The lowest BCUT2D eigenvalue weighted by molar-refractivity contribution is -0.120. The van der Waals surface area contributed by atoms with E-state index >= 15 is 0 Å². The Balaban J connectivity index is 1.41. The van der Waals surface area contributed by atoms with Crippen LogP contribution in [0.15, 0.2) is 41.0 Å². The minimum atomic E-state index is -0.512. The number of allylic oxidation sites excluding steroid dienone is 1. The van der Waals surface area contributed by atoms with Crippen molar-refractivity contribution in [1.29, 1.82) is 0 Å². The van der Waals surface area contributed by atoms with Crippen molar-refractivity contribution < 1.29 is 14.3 Å². The van der Waals surface area contributed by atoms with Crippen molar-refractivity contribution in [2.45, 2.75) is 45.1 Å². The number of benzene rings is 1. The van der Waals surface area contributed by atoms with Crippen molar-refractivity contribution in [2.75, 3.05) is 40.4 Å². The van der Waals surface area contributed by atoms with Crippen LogP contribution in [-0.4, -0.2) is 72.6 Å². The van der Waals surface area contributed by atoms with E-state index in [9.17, 15) is 9.59 Å². The second-order valence-corrected chi connectivity index (χ2v) is 9.55. The van der Waals surface area contributed by atoms with Crippen LogP contribution in [0.3, 0.4) is 0 Å². The van der Waals surface area contributed by atoms with E-state index < -0.39 is 5.92 Å². The molecule has 2 aromatic rings. The Morgan fingerprint density at radius 3 is 2.82 bits per heavy atom. The molecule has 182 valence electrons. The Morgan fingerprint density at radius 2 is 2.06 bits per heavy atom. The van der Waals surface area contributed by atoms with E-state index in [4.69, 9.17) is 4.74 Å². The first kappa shape index (κ1) is 24.3. The molecule has 1 aliphatic carbocycles. The number of nitrogens with one attached hydrogen (secondary N) is 1. The molecule has 1 atom stereocenters. The lowest BCUT2D eigenvalue weighted by Crippen LogP contribution is -2.36. The maximum Gasteiger partial charge on any atom is 0.254 e. The van der Waals surface area contributed by atoms with Gasteiger partial charge in [-0.15, -0.1) is 0 Å². The van der Waals surface area contributed by atoms with Gasteiger partial charge < -0.3 is 15.0 Å². The van der Waals surface area contributed by atoms with Gasteiger partial charge in [-0.25, -0.2) is 4.99 Å². The minimum Gasteiger partial charge on any atom is -0.377 e. The highest BCUT2D eigenvalue weighted by Gasteiger charge is 2.27. The molecule has 1 N–H and O–H groups in total. The number of ether oxygens (including phenoxy) is 1. The number of carbonyl (C=O) groups is 2. The maximum absolute atomic E-state index is 13.1. The van der Waals surface area contributed by atoms with Crippen LogP contribution in [0.25, 0.3) is 10.9 Å². The van der Waals surface area contributed by atoms with Gasteiger partial charge in [0, 0.05) is 24.2 Å². The topological polar surface area (TPSA) is 88.8 Å². The SMILES string of the molecule is CC1=NC(=O)C(CNC(=O)c2cccc3c2cnn3C2CCCC2)C(COCCCN(C)C)=C1. The van der Waals surface area contributed by atoms with Gasteiger partial charge in [-0.2, -0.15) is 5.10 Å². The molecule has 4 rings (SSSR count). The summed E-state index contributed by atoms with van der Waals surface area (Å²) in [6, 6.07) is 6.14. The van der Waals surface area contributed by atoms with Crippen LogP contribution < -0.4 is 5.32 Å². The van der Waals surface area contributed by atoms with Crippen LogP contribution in [0.4, 0.5) is 0 Å². The normalized spacial score (nSPS) is 19.1. The molecule has 1 aliphatic heterocycles. The molecule has 34 heavy (non-hydrogen) atoms. The third kappa shape index (κ3) is 5.62. The van der Waals surface area contributed by atoms with Gasteiger partial charge in [0.1, 0.15) is 0 Å². The van der Waals surface area contributed by atoms with Crippen molar-refractivity contribution in [3.63, 3.8) is 0 Å². The van der Waals surface area contributed by atoms with Crippen molar-refractivity contribution in [2.24, 2.45) is 10.9 Å². The summed E-state index contributed by atoms with van der Waals surface area (Å²) in [6.07, 6.45) is 9.30. The highest BCUT2D eigenvalue weighted by Crippen LogP contribution is 2.32. The lowest BCUT2D eigenvalue weighted by atomic mass is 9.94. The number of fused-ring (bicyclic) bond motifs is 1. The molecule has 2 aliphatic rings. The standard InChI is InChI=1S/C26H35N5O3/c1-18-14-19(17-34-13-7-12-30(2)3)22(26(33)29-18)15-27-25(32)21-10-6-11-24-23(21)16-28-31(24)20-8-4-5-9-20/h6,10-11,14,16,20,22H,4-5,7-9,12-13,15,17H2,1-3H3,(H,27,32). The number of aromatic nitrogens is 2. The fourth-order valence-corrected chi connectivity index (χ4v) is 4.84. The second kappa shape index (κ2) is 11.1. The summed E-state index contributed by atoms with van der Waals surface area (Å²) >= 11 is 0. The van der Waals surface area contributed by atoms with E-state index in [0.717, 1.165) is 42.3 Å². The average Bonchev–Trinajstić information content (AvgIpc) is 3.47. The third-order valence-electron chi connectivity index (χ3n) is 6.61. The Kier molecular flexibility index (Phi) is 7.90. The van der Waals surface area contributed by atoms with Crippen LogP contribution in [0.5, 0.6) is 0 Å². The van der Waals surface area contributed by atoms with Crippen molar-refractivity contribution >= 4 is 28.4 Å². The number of hydrogen-bond donors (Lipinski definition) is 1. The van der Waals surface area contributed by atoms with E-state index in [0.29, 0.717) is 30.5 Å². The van der Waals surface area contributed by atoms with Crippen molar-refractivity contribution in [3.05, 3.63) is 41.6 Å². The molecule has 1 fully saturated rings. The molecule has 0 bridgehead atoms. The van der Waals surface area contributed by atoms with Gasteiger partial charge in [-0.1, -0.05) is 18.9 Å². The summed E-state index contributed by atoms with van der Waals surface area (Å²) in [7, 11) is 4.06. The van der Waals surface area contributed by atoms with E-state index in [2.05, 4.69) is 25.0 Å². The molecule has 2 amide bonds. The molecule has 0 saturated heterocycles. The maximum atomic E-state index is 13.1. The van der Waals surface area contributed by atoms with Gasteiger partial charge >= 0.3 is 0 Å². The van der Waals surface area contributed by atoms with Gasteiger partial charge in [0.2, 0.25) is 0 Å². The molecular formula is C26H35N5O3. The number of amides is 2. The molecule has 1 saturated carbocycles. The van der Waals surface area contributed by atoms with Gasteiger partial charge in [-0.3, -0.25) is 14.3 Å². The molecule has 0 spiro atoms. The van der Waals surface area contributed by atoms with E-state index in [-0.39, 0.29) is 18.4 Å². The quantitative estimate of drug-likeness (QED) is 0.544. The first-order chi connectivity index (χ1) is 16.4. The summed E-state index contributed by atoms with van der Waals surface area (Å²) in [5.41, 5.74) is 3.09. The molecular weight excluding hydrogens is 430 g/mol. The zero-order chi connectivity index (χ0) is 24.1. The molecule has 0 radical (unpaired) electrons. The van der Waals surface area contributed by atoms with Gasteiger partial charge in [0.25, 0.3) is 11.8 Å². The number of nitrogens with zero attached hydrogens (tertiary/aromatic N) is 4. The molecule has 1 aromatic heterocycles. The predicted molar refractivity (Wildman–Crippen MR) is 133 cm³/mol. The summed E-state index contributed by atoms with van der Waals surface area (Å²) < 4.78 is 7.89. The Bertz CT molecular complexity index is 1100. The smallest absolute Gasteiger partial charge is 0.254 e. The Labute approximate surface area is 201 Å². The van der Waals surface area contributed by atoms with Crippen LogP contribution >= 0.6 is 0 Å². The van der Waals surface area contributed by atoms with Crippen molar-refractivity contribution in [1.82, 2.24) is 20.0 Å². The first-order valence-electron chi connectivity index (χ1n) is 12.2. The Hall–Kier alpha value is -2.84. The third-order valence-corrected chi connectivity index (χ3v) is 6.61. The fraction of sp³-hybridized carbons (Fsp3) is 0.538. The van der Waals surface area contributed by atoms with E-state index in [1.807, 2.05) is 38.4 Å². The number of dihydropyridines is 1. The zero-order valence-electron chi connectivity index (χ0n) is 20.4. The van der Waals surface area contributed by atoms with Crippen LogP contribution in [0, 0.1) is 5.92 Å². The van der Waals surface area contributed by atoms with E-state index in [1.54, 1.807) is 13.1 Å². The monoisotopic (exact) mass is 465 g/mol. The molecule has 2 heterocycles. The Morgan fingerprint density at radius 1 is 1.26 bits per heavy atom. The average molecular weight is 466 g/mol. The van der Waals surface area contributed by atoms with Crippen LogP contribution in [-0.2, 0) is 9.53 Å². The summed E-state index contributed by atoms with van der Waals surface area (Å²) in [5, 5.41) is 8.40. The fourth-order valence-electron chi connectivity index (χ4n) is 4.84. The van der Waals surface area contributed by atoms with Gasteiger partial charge in [0.15, 0.2) is 0 Å². The highest BCUT2D eigenvalue weighted by atomic mass is 16.5. The molecule has 8 nitrogen and oxygen atoms in total. The summed E-state index contributed by atoms with van der Waals surface area (Å²) in [6.45, 7) is 3.92. The minimum absolute atomic E-state index is 0.189. The van der Waals surface area contributed by atoms with Gasteiger partial charge in [-0.05, 0) is 70.6 Å². The van der Waals surface area contributed by atoms with Crippen LogP contribution in [0.2, 0.25) is 0 Å². The summed E-state index contributed by atoms with van der Waals surface area (Å²) in [4.78, 5) is 32.0. The van der Waals surface area contributed by atoms with Crippen LogP contribution in [0.1, 0.15) is 55.4 Å². The lowest BCUT2D eigenvalue weighted by Gasteiger charge is -2.22. The first-order valence-corrected chi connectivity index (χ1v) is 12.2. The highest BCUT2D eigenvalue weighted by molar-refractivity contribution is 6.07. The zero-order valence-corrected chi connectivity index (χ0v) is 20.4. The number of rotatable bonds is 10. The molecule has 8 heteroatoms. The summed E-state index contributed by atoms with van der Waals surface area (Å²) in [5.74, 6) is -0.955. The number of hydrogen-bond acceptors (Lipinski definition) is 5. The molecule has 1 aromatic carbocycles. The van der Waals surface area contributed by atoms with Crippen molar-refractivity contribution in [3.8, 4) is 0 Å². The van der Waals surface area contributed by atoms with E-state index in [1.165, 1.54) is 12.8 Å². The molecule has 1 unspecified atom stereocenters. The number of aliphatic imine (C=N–C) groups is 1.